The van der Waals surface area contributed by atoms with Crippen LogP contribution in [0, 0.1) is 0 Å². The lowest BCUT2D eigenvalue weighted by atomic mass is 10.4. The van der Waals surface area contributed by atoms with Gasteiger partial charge in [-0.1, -0.05) is 18.7 Å². The zero-order chi connectivity index (χ0) is 6.69. The zero-order valence-corrected chi connectivity index (χ0v) is 6.40. The Morgan fingerprint density at radius 1 is 1.78 bits per heavy atom. The molecule has 9 heavy (non-hydrogen) atoms. The van der Waals surface area contributed by atoms with Gasteiger partial charge < -0.3 is 10.6 Å². The van der Waals surface area contributed by atoms with Crippen molar-refractivity contribution in [1.29, 1.82) is 0 Å². The van der Waals surface area contributed by atoms with E-state index in [1.54, 1.807) is 11.8 Å². The third kappa shape index (κ3) is 1.63. The van der Waals surface area contributed by atoms with Gasteiger partial charge in [0.05, 0.1) is 0 Å². The highest BCUT2D eigenvalue weighted by molar-refractivity contribution is 8.02. The van der Waals surface area contributed by atoms with Gasteiger partial charge in [0.2, 0.25) is 0 Å². The van der Waals surface area contributed by atoms with Crippen molar-refractivity contribution in [2.24, 2.45) is 5.73 Å². The molecule has 0 bridgehead atoms. The fourth-order valence-corrected chi connectivity index (χ4v) is 1.54. The molecular formula is C6H12N2S. The van der Waals surface area contributed by atoms with Gasteiger partial charge in [-0.2, -0.15) is 0 Å². The monoisotopic (exact) mass is 144 g/mol. The smallest absolute Gasteiger partial charge is 0.129 e. The van der Waals surface area contributed by atoms with Crippen LogP contribution in [0.1, 0.15) is 13.3 Å². The van der Waals surface area contributed by atoms with Crippen molar-refractivity contribution < 1.29 is 0 Å². The molecular weight excluding hydrogens is 132 g/mol. The van der Waals surface area contributed by atoms with Gasteiger partial charge in [0.25, 0.3) is 0 Å². The van der Waals surface area contributed by atoms with Crippen molar-refractivity contribution in [3.63, 3.8) is 0 Å². The Kier molecular flexibility index (Phi) is 2.42. The van der Waals surface area contributed by atoms with Gasteiger partial charge in [-0.05, 0) is 11.8 Å². The summed E-state index contributed by atoms with van der Waals surface area (Å²) in [6, 6.07) is 0. The Hall–Kier alpha value is -0.150. The molecule has 0 aromatic rings. The van der Waals surface area contributed by atoms with E-state index < -0.39 is 0 Å². The molecule has 1 unspecified atom stereocenters. The van der Waals surface area contributed by atoms with Gasteiger partial charge in [0.15, 0.2) is 0 Å². The quantitative estimate of drug-likeness (QED) is 0.630. The number of hydrogen-bond acceptors (Lipinski definition) is 3. The number of nitrogens with two attached hydrogens (primary N) is 1. The van der Waals surface area contributed by atoms with Gasteiger partial charge in [-0.15, -0.1) is 0 Å². The predicted octanol–water partition coefficient (Wildman–Crippen LogP) is 1.16. The fraction of sp³-hybridized carbons (Fsp3) is 0.667. The maximum absolute atomic E-state index is 5.69. The molecule has 3 heteroatoms. The van der Waals surface area contributed by atoms with Crippen LogP contribution in [-0.2, 0) is 0 Å². The van der Waals surface area contributed by atoms with Gasteiger partial charge >= 0.3 is 0 Å². The van der Waals surface area contributed by atoms with E-state index in [9.17, 15) is 0 Å². The number of rotatable bonds is 2. The largest absolute Gasteiger partial charge is 0.353 e. The lowest BCUT2D eigenvalue weighted by molar-refractivity contribution is 0.367. The van der Waals surface area contributed by atoms with E-state index in [0.29, 0.717) is 0 Å². The van der Waals surface area contributed by atoms with Crippen LogP contribution in [0.5, 0.6) is 0 Å². The van der Waals surface area contributed by atoms with Crippen LogP contribution in [0.3, 0.4) is 0 Å². The first-order valence-electron chi connectivity index (χ1n) is 3.18. The molecule has 0 spiro atoms. The van der Waals surface area contributed by atoms with Crippen LogP contribution in [0.15, 0.2) is 11.6 Å². The molecule has 0 aliphatic carbocycles. The Labute approximate surface area is 60.1 Å². The SMILES string of the molecule is CCCN1C=CSC1N. The van der Waals surface area contributed by atoms with Crippen molar-refractivity contribution in [1.82, 2.24) is 4.90 Å². The van der Waals surface area contributed by atoms with E-state index >= 15 is 0 Å². The minimum Gasteiger partial charge on any atom is -0.353 e. The van der Waals surface area contributed by atoms with E-state index in [-0.39, 0.29) is 5.50 Å². The van der Waals surface area contributed by atoms with Crippen molar-refractivity contribution >= 4 is 11.8 Å². The Bertz CT molecular complexity index is 114. The normalized spacial score (nSPS) is 25.6. The third-order valence-electron chi connectivity index (χ3n) is 1.28. The van der Waals surface area contributed by atoms with Gasteiger partial charge in [0, 0.05) is 12.7 Å². The van der Waals surface area contributed by atoms with E-state index in [1.807, 2.05) is 5.41 Å². The predicted molar refractivity (Wildman–Crippen MR) is 41.7 cm³/mol. The maximum atomic E-state index is 5.69. The molecule has 1 atom stereocenters. The minimum absolute atomic E-state index is 0.171. The molecule has 1 aliphatic heterocycles. The van der Waals surface area contributed by atoms with Gasteiger partial charge in [-0.3, -0.25) is 0 Å². The molecule has 0 radical (unpaired) electrons. The number of hydrogen-bond donors (Lipinski definition) is 1. The summed E-state index contributed by atoms with van der Waals surface area (Å²) in [5, 5.41) is 2.04. The first-order valence-corrected chi connectivity index (χ1v) is 4.12. The first kappa shape index (κ1) is 6.96. The van der Waals surface area contributed by atoms with Crippen molar-refractivity contribution in [2.75, 3.05) is 6.54 Å². The van der Waals surface area contributed by atoms with Crippen molar-refractivity contribution in [3.8, 4) is 0 Å². The van der Waals surface area contributed by atoms with Gasteiger partial charge in [-0.25, -0.2) is 0 Å². The van der Waals surface area contributed by atoms with Crippen LogP contribution in [0.25, 0.3) is 0 Å². The summed E-state index contributed by atoms with van der Waals surface area (Å²) in [4.78, 5) is 2.14. The van der Waals surface area contributed by atoms with Gasteiger partial charge in [0.1, 0.15) is 5.50 Å². The second-order valence-electron chi connectivity index (χ2n) is 2.05. The van der Waals surface area contributed by atoms with Crippen LogP contribution >= 0.6 is 11.8 Å². The summed E-state index contributed by atoms with van der Waals surface area (Å²) in [6.45, 7) is 3.23. The molecule has 0 saturated heterocycles. The molecule has 0 amide bonds. The number of nitrogens with zero attached hydrogens (tertiary/aromatic N) is 1. The summed E-state index contributed by atoms with van der Waals surface area (Å²) >= 11 is 1.67. The fourth-order valence-electron chi connectivity index (χ4n) is 0.817. The van der Waals surface area contributed by atoms with E-state index in [2.05, 4.69) is 18.0 Å². The van der Waals surface area contributed by atoms with Crippen LogP contribution < -0.4 is 5.73 Å². The topological polar surface area (TPSA) is 29.3 Å². The van der Waals surface area contributed by atoms with Crippen molar-refractivity contribution in [3.05, 3.63) is 11.6 Å². The lowest BCUT2D eigenvalue weighted by Crippen LogP contribution is -2.32. The van der Waals surface area contributed by atoms with E-state index in [1.165, 1.54) is 6.42 Å². The average Bonchev–Trinajstić information content (AvgIpc) is 2.18. The zero-order valence-electron chi connectivity index (χ0n) is 5.58. The Morgan fingerprint density at radius 3 is 3.00 bits per heavy atom. The molecule has 0 aromatic carbocycles. The highest BCUT2D eigenvalue weighted by atomic mass is 32.2. The molecule has 2 N–H and O–H groups in total. The summed E-state index contributed by atoms with van der Waals surface area (Å²) < 4.78 is 0. The molecule has 2 nitrogen and oxygen atoms in total. The second kappa shape index (κ2) is 3.13. The summed E-state index contributed by atoms with van der Waals surface area (Å²) in [5.74, 6) is 0. The highest BCUT2D eigenvalue weighted by Crippen LogP contribution is 2.19. The van der Waals surface area contributed by atoms with Crippen LogP contribution in [0.2, 0.25) is 0 Å². The second-order valence-corrected chi connectivity index (χ2v) is 3.08. The summed E-state index contributed by atoms with van der Waals surface area (Å²) in [7, 11) is 0. The molecule has 1 aliphatic rings. The third-order valence-corrected chi connectivity index (χ3v) is 2.11. The lowest BCUT2D eigenvalue weighted by Gasteiger charge is -2.19. The Balaban J connectivity index is 2.31. The molecule has 1 rings (SSSR count). The van der Waals surface area contributed by atoms with Crippen LogP contribution in [0.4, 0.5) is 0 Å². The molecule has 0 fully saturated rings. The maximum Gasteiger partial charge on any atom is 0.129 e. The standard InChI is InChI=1S/C6H12N2S/c1-2-3-8-4-5-9-6(8)7/h4-6H,2-3,7H2,1H3. The first-order chi connectivity index (χ1) is 4.34. The molecule has 52 valence electrons. The number of thioether (sulfide) groups is 1. The summed E-state index contributed by atoms with van der Waals surface area (Å²) in [6.07, 6.45) is 3.22. The molecule has 0 aromatic heterocycles. The molecule has 0 saturated carbocycles. The summed E-state index contributed by atoms with van der Waals surface area (Å²) in [5.41, 5.74) is 5.86. The molecule has 1 heterocycles. The van der Waals surface area contributed by atoms with Crippen molar-refractivity contribution in [2.45, 2.75) is 18.8 Å². The minimum atomic E-state index is 0.171. The Morgan fingerprint density at radius 2 is 2.56 bits per heavy atom. The van der Waals surface area contributed by atoms with E-state index in [0.717, 1.165) is 6.54 Å². The van der Waals surface area contributed by atoms with E-state index in [4.69, 9.17) is 5.73 Å². The highest BCUT2D eigenvalue weighted by Gasteiger charge is 2.12. The van der Waals surface area contributed by atoms with Crippen LogP contribution in [-0.4, -0.2) is 16.9 Å². The average molecular weight is 144 g/mol.